The standard InChI is InChI=1S/C21H21NO2S2/c1-14-8-9-15(2)18(10-14)11-24-20(23)19-7-5-4-6-17(19)13-26-21-22-16(3)12-25-21/h4-10,12H,11,13H2,1-3H3. The van der Waals surface area contributed by atoms with Crippen molar-refractivity contribution in [1.29, 1.82) is 0 Å². The van der Waals surface area contributed by atoms with Crippen molar-refractivity contribution in [2.45, 2.75) is 37.5 Å². The van der Waals surface area contributed by atoms with Gasteiger partial charge in [-0.05, 0) is 43.5 Å². The number of hydrogen-bond acceptors (Lipinski definition) is 5. The number of thioether (sulfide) groups is 1. The number of aromatic nitrogens is 1. The molecule has 3 aromatic rings. The van der Waals surface area contributed by atoms with E-state index in [1.807, 2.05) is 50.4 Å². The van der Waals surface area contributed by atoms with Crippen LogP contribution in [0.25, 0.3) is 0 Å². The lowest BCUT2D eigenvalue weighted by molar-refractivity contribution is 0.0471. The second-order valence-corrected chi connectivity index (χ2v) is 8.29. The lowest BCUT2D eigenvalue weighted by Gasteiger charge is -2.11. The lowest BCUT2D eigenvalue weighted by Crippen LogP contribution is -2.08. The van der Waals surface area contributed by atoms with E-state index in [9.17, 15) is 4.79 Å². The zero-order valence-electron chi connectivity index (χ0n) is 15.1. The van der Waals surface area contributed by atoms with Crippen LogP contribution in [-0.2, 0) is 17.1 Å². The van der Waals surface area contributed by atoms with Gasteiger partial charge in [0.15, 0.2) is 0 Å². The minimum atomic E-state index is -0.280. The largest absolute Gasteiger partial charge is 0.457 e. The van der Waals surface area contributed by atoms with Crippen LogP contribution in [0.2, 0.25) is 0 Å². The van der Waals surface area contributed by atoms with Crippen LogP contribution in [0.4, 0.5) is 0 Å². The molecule has 0 aliphatic rings. The summed E-state index contributed by atoms with van der Waals surface area (Å²) in [5.74, 6) is 0.416. The smallest absolute Gasteiger partial charge is 0.338 e. The summed E-state index contributed by atoms with van der Waals surface area (Å²) in [5.41, 5.74) is 5.96. The molecule has 0 saturated carbocycles. The summed E-state index contributed by atoms with van der Waals surface area (Å²) in [7, 11) is 0. The van der Waals surface area contributed by atoms with Gasteiger partial charge in [0, 0.05) is 16.8 Å². The number of rotatable bonds is 6. The van der Waals surface area contributed by atoms with Crippen molar-refractivity contribution in [3.05, 3.63) is 81.4 Å². The van der Waals surface area contributed by atoms with Crippen LogP contribution in [0.15, 0.2) is 52.2 Å². The quantitative estimate of drug-likeness (QED) is 0.403. The summed E-state index contributed by atoms with van der Waals surface area (Å²) in [6.45, 7) is 6.35. The fourth-order valence-electron chi connectivity index (χ4n) is 2.56. The monoisotopic (exact) mass is 383 g/mol. The molecule has 0 aliphatic carbocycles. The minimum absolute atomic E-state index is 0.280. The fourth-order valence-corrected chi connectivity index (χ4v) is 4.41. The molecule has 0 unspecified atom stereocenters. The number of carbonyl (C=O) groups excluding carboxylic acids is 1. The maximum absolute atomic E-state index is 12.6. The van der Waals surface area contributed by atoms with Crippen LogP contribution in [0.5, 0.6) is 0 Å². The summed E-state index contributed by atoms with van der Waals surface area (Å²) >= 11 is 3.27. The molecule has 0 N–H and O–H groups in total. The van der Waals surface area contributed by atoms with Crippen molar-refractivity contribution in [3.8, 4) is 0 Å². The molecule has 0 atom stereocenters. The summed E-state index contributed by atoms with van der Waals surface area (Å²) in [5, 5.41) is 2.03. The highest BCUT2D eigenvalue weighted by atomic mass is 32.2. The molecule has 1 aromatic heterocycles. The van der Waals surface area contributed by atoms with Crippen LogP contribution >= 0.6 is 23.1 Å². The van der Waals surface area contributed by atoms with E-state index in [0.29, 0.717) is 17.9 Å². The molecule has 2 aromatic carbocycles. The van der Waals surface area contributed by atoms with E-state index in [-0.39, 0.29) is 5.97 Å². The summed E-state index contributed by atoms with van der Waals surface area (Å²) in [4.78, 5) is 17.1. The van der Waals surface area contributed by atoms with E-state index in [4.69, 9.17) is 4.74 Å². The SMILES string of the molecule is Cc1ccc(C)c(COC(=O)c2ccccc2CSc2nc(C)cs2)c1. The molecule has 0 saturated heterocycles. The molecular weight excluding hydrogens is 362 g/mol. The minimum Gasteiger partial charge on any atom is -0.457 e. The highest BCUT2D eigenvalue weighted by molar-refractivity contribution is 8.00. The first-order chi connectivity index (χ1) is 12.5. The maximum Gasteiger partial charge on any atom is 0.338 e. The molecule has 0 aliphatic heterocycles. The second kappa shape index (κ2) is 8.52. The molecule has 0 radical (unpaired) electrons. The van der Waals surface area contributed by atoms with E-state index in [2.05, 4.69) is 23.2 Å². The average molecular weight is 384 g/mol. The molecule has 3 rings (SSSR count). The van der Waals surface area contributed by atoms with Crippen LogP contribution in [0.1, 0.15) is 38.3 Å². The van der Waals surface area contributed by atoms with Crippen molar-refractivity contribution in [3.63, 3.8) is 0 Å². The van der Waals surface area contributed by atoms with E-state index in [1.165, 1.54) is 0 Å². The van der Waals surface area contributed by atoms with Gasteiger partial charge in [-0.25, -0.2) is 9.78 Å². The number of nitrogens with zero attached hydrogens (tertiary/aromatic N) is 1. The van der Waals surface area contributed by atoms with Gasteiger partial charge in [0.1, 0.15) is 10.9 Å². The Hall–Kier alpha value is -2.11. The van der Waals surface area contributed by atoms with Gasteiger partial charge in [-0.1, -0.05) is 53.7 Å². The molecule has 0 fully saturated rings. The summed E-state index contributed by atoms with van der Waals surface area (Å²) in [6, 6.07) is 13.8. The Labute approximate surface area is 162 Å². The van der Waals surface area contributed by atoms with Gasteiger partial charge in [-0.2, -0.15) is 0 Å². The Morgan fingerprint density at radius 3 is 2.69 bits per heavy atom. The predicted octanol–water partition coefficient (Wildman–Crippen LogP) is 5.72. The maximum atomic E-state index is 12.6. The fraction of sp³-hybridized carbons (Fsp3) is 0.238. The Balaban J connectivity index is 1.68. The third-order valence-electron chi connectivity index (χ3n) is 4.05. The van der Waals surface area contributed by atoms with Gasteiger partial charge >= 0.3 is 5.97 Å². The van der Waals surface area contributed by atoms with Crippen LogP contribution in [0, 0.1) is 20.8 Å². The zero-order chi connectivity index (χ0) is 18.5. The molecule has 5 heteroatoms. The first kappa shape index (κ1) is 18.7. The van der Waals surface area contributed by atoms with Crippen molar-refractivity contribution in [2.24, 2.45) is 0 Å². The lowest BCUT2D eigenvalue weighted by atomic mass is 10.1. The highest BCUT2D eigenvalue weighted by Gasteiger charge is 2.14. The van der Waals surface area contributed by atoms with Crippen molar-refractivity contribution < 1.29 is 9.53 Å². The zero-order valence-corrected chi connectivity index (χ0v) is 16.7. The number of thiazole rings is 1. The average Bonchev–Trinajstić information content (AvgIpc) is 3.06. The highest BCUT2D eigenvalue weighted by Crippen LogP contribution is 2.27. The Kier molecular flexibility index (Phi) is 6.12. The van der Waals surface area contributed by atoms with Crippen LogP contribution in [-0.4, -0.2) is 11.0 Å². The third kappa shape index (κ3) is 4.74. The van der Waals surface area contributed by atoms with Gasteiger partial charge in [-0.3, -0.25) is 0 Å². The number of carbonyl (C=O) groups is 1. The number of ether oxygens (including phenoxy) is 1. The molecule has 0 spiro atoms. The van der Waals surface area contributed by atoms with E-state index < -0.39 is 0 Å². The third-order valence-corrected chi connectivity index (χ3v) is 6.24. The van der Waals surface area contributed by atoms with E-state index >= 15 is 0 Å². The first-order valence-electron chi connectivity index (χ1n) is 8.39. The van der Waals surface area contributed by atoms with Crippen LogP contribution in [0.3, 0.4) is 0 Å². The van der Waals surface area contributed by atoms with Gasteiger partial charge in [0.2, 0.25) is 0 Å². The molecule has 1 heterocycles. The first-order valence-corrected chi connectivity index (χ1v) is 10.3. The molecule has 134 valence electrons. The molecule has 26 heavy (non-hydrogen) atoms. The van der Waals surface area contributed by atoms with Gasteiger partial charge in [0.25, 0.3) is 0 Å². The summed E-state index contributed by atoms with van der Waals surface area (Å²) < 4.78 is 6.60. The predicted molar refractivity (Wildman–Crippen MR) is 108 cm³/mol. The van der Waals surface area contributed by atoms with Crippen molar-refractivity contribution in [1.82, 2.24) is 4.98 Å². The summed E-state index contributed by atoms with van der Waals surface area (Å²) in [6.07, 6.45) is 0. The van der Waals surface area contributed by atoms with Crippen molar-refractivity contribution in [2.75, 3.05) is 0 Å². The number of hydrogen-bond donors (Lipinski definition) is 0. The van der Waals surface area contributed by atoms with Gasteiger partial charge < -0.3 is 4.74 Å². The Morgan fingerprint density at radius 2 is 1.92 bits per heavy atom. The number of esters is 1. The van der Waals surface area contributed by atoms with E-state index in [1.54, 1.807) is 23.1 Å². The second-order valence-electron chi connectivity index (χ2n) is 6.21. The van der Waals surface area contributed by atoms with E-state index in [0.717, 1.165) is 32.3 Å². The number of benzene rings is 2. The molecule has 3 nitrogen and oxygen atoms in total. The Bertz CT molecular complexity index is 918. The van der Waals surface area contributed by atoms with Crippen molar-refractivity contribution >= 4 is 29.1 Å². The van der Waals surface area contributed by atoms with Crippen LogP contribution < -0.4 is 0 Å². The topological polar surface area (TPSA) is 39.2 Å². The molecular formula is C21H21NO2S2. The van der Waals surface area contributed by atoms with Gasteiger partial charge in [0.05, 0.1) is 5.56 Å². The molecule has 0 bridgehead atoms. The number of aryl methyl sites for hydroxylation is 3. The Morgan fingerprint density at radius 1 is 1.12 bits per heavy atom. The van der Waals surface area contributed by atoms with Gasteiger partial charge in [-0.15, -0.1) is 11.3 Å². The molecule has 0 amide bonds. The normalized spacial score (nSPS) is 10.7.